The molecule has 0 amide bonds. The van der Waals surface area contributed by atoms with E-state index < -0.39 is 0 Å². The Morgan fingerprint density at radius 2 is 2.38 bits per heavy atom. The Morgan fingerprint density at radius 1 is 1.62 bits per heavy atom. The van der Waals surface area contributed by atoms with Gasteiger partial charge in [-0.05, 0) is 25.1 Å². The number of halogens is 1. The molecule has 1 N–H and O–H groups in total. The quantitative estimate of drug-likeness (QED) is 0.805. The lowest BCUT2D eigenvalue weighted by Crippen LogP contribution is -2.16. The van der Waals surface area contributed by atoms with Gasteiger partial charge in [0.05, 0.1) is 5.02 Å². The highest BCUT2D eigenvalue weighted by Gasteiger charge is 2.10. The van der Waals surface area contributed by atoms with Crippen molar-refractivity contribution >= 4 is 11.6 Å². The van der Waals surface area contributed by atoms with Gasteiger partial charge in [-0.3, -0.25) is 4.98 Å². The van der Waals surface area contributed by atoms with Crippen molar-refractivity contribution in [2.24, 2.45) is 0 Å². The van der Waals surface area contributed by atoms with Gasteiger partial charge < -0.3 is 5.32 Å². The van der Waals surface area contributed by atoms with E-state index in [0.29, 0.717) is 6.04 Å². The number of rotatable bonds is 4. The second-order valence-corrected chi connectivity index (χ2v) is 3.43. The minimum atomic E-state index is 0.348. The van der Waals surface area contributed by atoms with Gasteiger partial charge in [0.15, 0.2) is 0 Å². The van der Waals surface area contributed by atoms with Gasteiger partial charge in [0.25, 0.3) is 0 Å². The van der Waals surface area contributed by atoms with Gasteiger partial charge in [-0.15, -0.1) is 0 Å². The molecule has 1 aromatic heterocycles. The predicted molar refractivity (Wildman–Crippen MR) is 56.0 cm³/mol. The van der Waals surface area contributed by atoms with Crippen LogP contribution in [0.5, 0.6) is 0 Å². The molecule has 0 saturated heterocycles. The van der Waals surface area contributed by atoms with E-state index in [-0.39, 0.29) is 0 Å². The SMILES string of the molecule is CCCC(NC)c1ccncc1Cl. The molecule has 1 unspecified atom stereocenters. The summed E-state index contributed by atoms with van der Waals surface area (Å²) in [5, 5.41) is 3.99. The molecule has 1 rings (SSSR count). The zero-order valence-electron chi connectivity index (χ0n) is 8.05. The molecule has 1 heterocycles. The van der Waals surface area contributed by atoms with Crippen LogP contribution in [0.25, 0.3) is 0 Å². The lowest BCUT2D eigenvalue weighted by molar-refractivity contribution is 0.541. The topological polar surface area (TPSA) is 24.9 Å². The van der Waals surface area contributed by atoms with Crippen LogP contribution >= 0.6 is 11.6 Å². The van der Waals surface area contributed by atoms with E-state index in [1.54, 1.807) is 12.4 Å². The summed E-state index contributed by atoms with van der Waals surface area (Å²) < 4.78 is 0. The molecule has 0 saturated carbocycles. The molecule has 0 aromatic carbocycles. The van der Waals surface area contributed by atoms with Crippen molar-refractivity contribution in [3.05, 3.63) is 29.0 Å². The van der Waals surface area contributed by atoms with Crippen molar-refractivity contribution in [2.45, 2.75) is 25.8 Å². The fourth-order valence-corrected chi connectivity index (χ4v) is 1.66. The number of nitrogens with one attached hydrogen (secondary N) is 1. The van der Waals surface area contributed by atoms with Crippen LogP contribution in [0.1, 0.15) is 31.4 Å². The summed E-state index contributed by atoms with van der Waals surface area (Å²) in [7, 11) is 1.96. The van der Waals surface area contributed by atoms with E-state index in [1.165, 1.54) is 0 Å². The molecule has 0 aliphatic carbocycles. The van der Waals surface area contributed by atoms with Crippen LogP contribution in [0.4, 0.5) is 0 Å². The van der Waals surface area contributed by atoms with Crippen LogP contribution in [0.3, 0.4) is 0 Å². The maximum absolute atomic E-state index is 6.03. The summed E-state index contributed by atoms with van der Waals surface area (Å²) in [5.74, 6) is 0. The zero-order valence-corrected chi connectivity index (χ0v) is 8.80. The van der Waals surface area contributed by atoms with Gasteiger partial charge in [0.1, 0.15) is 0 Å². The third-order valence-corrected chi connectivity index (χ3v) is 2.42. The van der Waals surface area contributed by atoms with Crippen LogP contribution in [-0.4, -0.2) is 12.0 Å². The molecule has 0 spiro atoms. The summed E-state index contributed by atoms with van der Waals surface area (Å²) in [6.07, 6.45) is 5.71. The second kappa shape index (κ2) is 5.20. The molecule has 0 radical (unpaired) electrons. The van der Waals surface area contributed by atoms with Crippen LogP contribution in [0, 0.1) is 0 Å². The van der Waals surface area contributed by atoms with Gasteiger partial charge in [0.2, 0.25) is 0 Å². The third-order valence-electron chi connectivity index (χ3n) is 2.11. The summed E-state index contributed by atoms with van der Waals surface area (Å²) in [6.45, 7) is 2.17. The Hall–Kier alpha value is -0.600. The van der Waals surface area contributed by atoms with Gasteiger partial charge >= 0.3 is 0 Å². The number of pyridine rings is 1. The monoisotopic (exact) mass is 198 g/mol. The molecular weight excluding hydrogens is 184 g/mol. The highest BCUT2D eigenvalue weighted by Crippen LogP contribution is 2.24. The average molecular weight is 199 g/mol. The molecule has 3 heteroatoms. The molecule has 0 bridgehead atoms. The average Bonchev–Trinajstić information content (AvgIpc) is 2.16. The number of hydrogen-bond acceptors (Lipinski definition) is 2. The highest BCUT2D eigenvalue weighted by molar-refractivity contribution is 6.31. The number of hydrogen-bond donors (Lipinski definition) is 1. The van der Waals surface area contributed by atoms with Crippen LogP contribution in [0.15, 0.2) is 18.5 Å². The van der Waals surface area contributed by atoms with E-state index in [1.807, 2.05) is 13.1 Å². The van der Waals surface area contributed by atoms with Gasteiger partial charge in [-0.25, -0.2) is 0 Å². The highest BCUT2D eigenvalue weighted by atomic mass is 35.5. The van der Waals surface area contributed by atoms with E-state index in [4.69, 9.17) is 11.6 Å². The van der Waals surface area contributed by atoms with Crippen LogP contribution < -0.4 is 5.32 Å². The first kappa shape index (κ1) is 10.5. The fourth-order valence-electron chi connectivity index (χ4n) is 1.41. The van der Waals surface area contributed by atoms with Gasteiger partial charge in [-0.2, -0.15) is 0 Å². The minimum absolute atomic E-state index is 0.348. The lowest BCUT2D eigenvalue weighted by atomic mass is 10.0. The molecule has 0 aliphatic rings. The Labute approximate surface area is 84.3 Å². The van der Waals surface area contributed by atoms with Crippen molar-refractivity contribution in [3.8, 4) is 0 Å². The van der Waals surface area contributed by atoms with Gasteiger partial charge in [-0.1, -0.05) is 24.9 Å². The van der Waals surface area contributed by atoms with Crippen molar-refractivity contribution in [1.29, 1.82) is 0 Å². The molecule has 1 atom stereocenters. The fraction of sp³-hybridized carbons (Fsp3) is 0.500. The lowest BCUT2D eigenvalue weighted by Gasteiger charge is -2.16. The normalized spacial score (nSPS) is 12.8. The first-order valence-electron chi connectivity index (χ1n) is 4.56. The Morgan fingerprint density at radius 3 is 2.92 bits per heavy atom. The van der Waals surface area contributed by atoms with Crippen molar-refractivity contribution < 1.29 is 0 Å². The Bertz CT molecular complexity index is 263. The third kappa shape index (κ3) is 2.68. The molecule has 2 nitrogen and oxygen atoms in total. The number of aromatic nitrogens is 1. The van der Waals surface area contributed by atoms with E-state index in [9.17, 15) is 0 Å². The molecule has 1 aromatic rings. The van der Waals surface area contributed by atoms with Crippen molar-refractivity contribution in [2.75, 3.05) is 7.05 Å². The Balaban J connectivity index is 2.84. The standard InChI is InChI=1S/C10H15ClN2/c1-3-4-10(12-2)8-5-6-13-7-9(8)11/h5-7,10,12H,3-4H2,1-2H3. The minimum Gasteiger partial charge on any atom is -0.313 e. The molecule has 0 aliphatic heterocycles. The van der Waals surface area contributed by atoms with E-state index in [2.05, 4.69) is 17.2 Å². The second-order valence-electron chi connectivity index (χ2n) is 3.03. The first-order chi connectivity index (χ1) is 6.29. The van der Waals surface area contributed by atoms with Crippen LogP contribution in [-0.2, 0) is 0 Å². The predicted octanol–water partition coefficient (Wildman–Crippen LogP) is 2.80. The van der Waals surface area contributed by atoms with Crippen molar-refractivity contribution in [3.63, 3.8) is 0 Å². The first-order valence-corrected chi connectivity index (χ1v) is 4.94. The van der Waals surface area contributed by atoms with Crippen LogP contribution in [0.2, 0.25) is 5.02 Å². The van der Waals surface area contributed by atoms with Crippen molar-refractivity contribution in [1.82, 2.24) is 10.3 Å². The summed E-state index contributed by atoms with van der Waals surface area (Å²) >= 11 is 6.03. The van der Waals surface area contributed by atoms with Gasteiger partial charge in [0, 0.05) is 18.4 Å². The molecule has 0 fully saturated rings. The smallest absolute Gasteiger partial charge is 0.0637 e. The van der Waals surface area contributed by atoms with E-state index >= 15 is 0 Å². The van der Waals surface area contributed by atoms with E-state index in [0.717, 1.165) is 23.4 Å². The summed E-state index contributed by atoms with van der Waals surface area (Å²) in [5.41, 5.74) is 1.14. The largest absolute Gasteiger partial charge is 0.313 e. The number of nitrogens with zero attached hydrogens (tertiary/aromatic N) is 1. The maximum atomic E-state index is 6.03. The maximum Gasteiger partial charge on any atom is 0.0637 e. The zero-order chi connectivity index (χ0) is 9.68. The molecule has 13 heavy (non-hydrogen) atoms. The Kier molecular flexibility index (Phi) is 4.19. The summed E-state index contributed by atoms with van der Waals surface area (Å²) in [6, 6.07) is 2.32. The summed E-state index contributed by atoms with van der Waals surface area (Å²) in [4.78, 5) is 3.96. The molecule has 72 valence electrons. The molecular formula is C10H15ClN2.